The highest BCUT2D eigenvalue weighted by Gasteiger charge is 2.01. The summed E-state index contributed by atoms with van der Waals surface area (Å²) < 4.78 is 1.83. The molecule has 2 N–H and O–H groups in total. The second-order valence-corrected chi connectivity index (χ2v) is 3.97. The Bertz CT molecular complexity index is 269. The molecule has 0 aromatic carbocycles. The Labute approximate surface area is 92.1 Å². The number of aromatic nitrogens is 2. The molecule has 1 rings (SSSR count). The van der Waals surface area contributed by atoms with E-state index in [1.54, 1.807) is 0 Å². The number of nitrogens with zero attached hydrogens (tertiary/aromatic N) is 2. The Hall–Kier alpha value is -0.870. The van der Waals surface area contributed by atoms with Crippen LogP contribution < -0.4 is 10.6 Å². The third-order valence-electron chi connectivity index (χ3n) is 2.28. The first-order valence-electron chi connectivity index (χ1n) is 5.65. The molecule has 0 radical (unpaired) electrons. The van der Waals surface area contributed by atoms with Gasteiger partial charge in [-0.15, -0.1) is 0 Å². The lowest BCUT2D eigenvalue weighted by Gasteiger charge is -2.13. The quantitative estimate of drug-likeness (QED) is 0.657. The first-order valence-corrected chi connectivity index (χ1v) is 5.65. The van der Waals surface area contributed by atoms with Gasteiger partial charge in [0.1, 0.15) is 0 Å². The van der Waals surface area contributed by atoms with E-state index in [4.69, 9.17) is 0 Å². The van der Waals surface area contributed by atoms with Crippen LogP contribution in [0.2, 0.25) is 0 Å². The molecule has 4 nitrogen and oxygen atoms in total. The molecule has 0 fully saturated rings. The predicted molar refractivity (Wildman–Crippen MR) is 62.7 cm³/mol. The minimum Gasteiger partial charge on any atom is -0.315 e. The maximum atomic E-state index is 4.31. The van der Waals surface area contributed by atoms with Gasteiger partial charge in [0.25, 0.3) is 0 Å². The molecule has 1 unspecified atom stereocenters. The Kier molecular flexibility index (Phi) is 5.36. The fourth-order valence-corrected chi connectivity index (χ4v) is 1.40. The lowest BCUT2D eigenvalue weighted by molar-refractivity contribution is 0.496. The van der Waals surface area contributed by atoms with E-state index in [0.717, 1.165) is 25.3 Å². The van der Waals surface area contributed by atoms with Crippen molar-refractivity contribution < 1.29 is 0 Å². The van der Waals surface area contributed by atoms with Crippen molar-refractivity contribution in [3.8, 4) is 0 Å². The summed E-state index contributed by atoms with van der Waals surface area (Å²) >= 11 is 0. The zero-order valence-corrected chi connectivity index (χ0v) is 9.95. The average molecular weight is 210 g/mol. The maximum Gasteiger partial charge on any atom is 0.0762 e. The van der Waals surface area contributed by atoms with Gasteiger partial charge >= 0.3 is 0 Å². The van der Waals surface area contributed by atoms with Crippen molar-refractivity contribution in [1.82, 2.24) is 20.4 Å². The van der Waals surface area contributed by atoms with Gasteiger partial charge in [0, 0.05) is 32.4 Å². The van der Waals surface area contributed by atoms with Gasteiger partial charge in [0.2, 0.25) is 0 Å². The molecule has 1 aromatic heterocycles. The van der Waals surface area contributed by atoms with Gasteiger partial charge in [-0.2, -0.15) is 5.10 Å². The number of hydrogen-bond acceptors (Lipinski definition) is 3. The highest BCUT2D eigenvalue weighted by atomic mass is 15.3. The predicted octanol–water partition coefficient (Wildman–Crippen LogP) is 0.898. The summed E-state index contributed by atoms with van der Waals surface area (Å²) in [4.78, 5) is 0. The molecule has 1 aromatic rings. The topological polar surface area (TPSA) is 41.9 Å². The minimum atomic E-state index is 0.485. The zero-order valence-electron chi connectivity index (χ0n) is 9.95. The summed E-state index contributed by atoms with van der Waals surface area (Å²) in [5, 5.41) is 11.1. The van der Waals surface area contributed by atoms with Gasteiger partial charge in [-0.1, -0.05) is 6.92 Å². The number of nitrogens with one attached hydrogen (secondary N) is 2. The third-order valence-corrected chi connectivity index (χ3v) is 2.28. The van der Waals surface area contributed by atoms with Crippen molar-refractivity contribution >= 4 is 0 Å². The number of rotatable bonds is 7. The first-order chi connectivity index (χ1) is 7.22. The van der Waals surface area contributed by atoms with Crippen LogP contribution in [0.4, 0.5) is 0 Å². The van der Waals surface area contributed by atoms with E-state index < -0.39 is 0 Å². The highest BCUT2D eigenvalue weighted by Crippen LogP contribution is 1.93. The molecule has 0 aliphatic heterocycles. The molecule has 0 bridgehead atoms. The minimum absolute atomic E-state index is 0.485. The molecule has 86 valence electrons. The second kappa shape index (κ2) is 6.58. The van der Waals surface area contributed by atoms with Gasteiger partial charge in [-0.05, 0) is 26.0 Å². The van der Waals surface area contributed by atoms with Crippen LogP contribution in [-0.2, 0) is 13.6 Å². The normalized spacial score (nSPS) is 13.0. The van der Waals surface area contributed by atoms with Crippen molar-refractivity contribution in [2.24, 2.45) is 7.05 Å². The second-order valence-electron chi connectivity index (χ2n) is 3.97. The van der Waals surface area contributed by atoms with Gasteiger partial charge in [0.05, 0.1) is 5.69 Å². The van der Waals surface area contributed by atoms with E-state index in [2.05, 4.69) is 29.6 Å². The van der Waals surface area contributed by atoms with E-state index in [0.29, 0.717) is 6.04 Å². The van der Waals surface area contributed by atoms with Crippen molar-refractivity contribution in [2.75, 3.05) is 13.1 Å². The molecule has 4 heteroatoms. The maximum absolute atomic E-state index is 4.31. The molecule has 0 aliphatic rings. The van der Waals surface area contributed by atoms with Gasteiger partial charge < -0.3 is 10.6 Å². The molecule has 0 saturated carbocycles. The molecular weight excluding hydrogens is 188 g/mol. The van der Waals surface area contributed by atoms with E-state index in [1.165, 1.54) is 6.42 Å². The van der Waals surface area contributed by atoms with Crippen molar-refractivity contribution in [3.63, 3.8) is 0 Å². The monoisotopic (exact) mass is 210 g/mol. The lowest BCUT2D eigenvalue weighted by Crippen LogP contribution is -2.36. The van der Waals surface area contributed by atoms with Crippen LogP contribution in [0.25, 0.3) is 0 Å². The van der Waals surface area contributed by atoms with Crippen LogP contribution in [0, 0.1) is 0 Å². The van der Waals surface area contributed by atoms with E-state index in [-0.39, 0.29) is 0 Å². The Morgan fingerprint density at radius 2 is 2.33 bits per heavy atom. The molecule has 0 saturated heterocycles. The standard InChI is InChI=1S/C11H22N4/c1-4-6-12-8-10(2)13-9-11-5-7-15(3)14-11/h5,7,10,12-13H,4,6,8-9H2,1-3H3. The lowest BCUT2D eigenvalue weighted by atomic mass is 10.3. The summed E-state index contributed by atoms with van der Waals surface area (Å²) in [5.74, 6) is 0. The Morgan fingerprint density at radius 3 is 2.93 bits per heavy atom. The van der Waals surface area contributed by atoms with Crippen LogP contribution in [0.15, 0.2) is 12.3 Å². The van der Waals surface area contributed by atoms with Crippen molar-refractivity contribution in [3.05, 3.63) is 18.0 Å². The van der Waals surface area contributed by atoms with Crippen LogP contribution in [0.5, 0.6) is 0 Å². The highest BCUT2D eigenvalue weighted by molar-refractivity contribution is 4.98. The summed E-state index contributed by atoms with van der Waals surface area (Å²) in [6, 6.07) is 2.53. The SMILES string of the molecule is CCCNCC(C)NCc1ccn(C)n1. The molecule has 1 atom stereocenters. The Morgan fingerprint density at radius 1 is 1.53 bits per heavy atom. The molecular formula is C11H22N4. The van der Waals surface area contributed by atoms with E-state index in [9.17, 15) is 0 Å². The smallest absolute Gasteiger partial charge is 0.0762 e. The zero-order chi connectivity index (χ0) is 11.1. The van der Waals surface area contributed by atoms with Gasteiger partial charge in [0.15, 0.2) is 0 Å². The third kappa shape index (κ3) is 4.95. The van der Waals surface area contributed by atoms with Crippen molar-refractivity contribution in [1.29, 1.82) is 0 Å². The average Bonchev–Trinajstić information content (AvgIpc) is 2.62. The van der Waals surface area contributed by atoms with Gasteiger partial charge in [-0.25, -0.2) is 0 Å². The molecule has 0 amide bonds. The summed E-state index contributed by atoms with van der Waals surface area (Å²) in [6.07, 6.45) is 3.16. The van der Waals surface area contributed by atoms with Crippen LogP contribution in [0.3, 0.4) is 0 Å². The fraction of sp³-hybridized carbons (Fsp3) is 0.727. The fourth-order valence-electron chi connectivity index (χ4n) is 1.40. The Balaban J connectivity index is 2.13. The van der Waals surface area contributed by atoms with E-state index >= 15 is 0 Å². The summed E-state index contributed by atoms with van der Waals surface area (Å²) in [7, 11) is 1.94. The van der Waals surface area contributed by atoms with E-state index in [1.807, 2.05) is 24.0 Å². The summed E-state index contributed by atoms with van der Waals surface area (Å²) in [5.41, 5.74) is 1.10. The first kappa shape index (κ1) is 12.2. The van der Waals surface area contributed by atoms with Gasteiger partial charge in [-0.3, -0.25) is 4.68 Å². The number of hydrogen-bond donors (Lipinski definition) is 2. The van der Waals surface area contributed by atoms with Crippen molar-refractivity contribution in [2.45, 2.75) is 32.9 Å². The molecule has 1 heterocycles. The van der Waals surface area contributed by atoms with Crippen LogP contribution in [-0.4, -0.2) is 28.9 Å². The molecule has 0 spiro atoms. The van der Waals surface area contributed by atoms with Crippen LogP contribution >= 0.6 is 0 Å². The number of aryl methyl sites for hydroxylation is 1. The van der Waals surface area contributed by atoms with Crippen LogP contribution in [0.1, 0.15) is 26.0 Å². The summed E-state index contributed by atoms with van der Waals surface area (Å²) in [6.45, 7) is 7.32. The molecule has 0 aliphatic carbocycles. The largest absolute Gasteiger partial charge is 0.315 e. The molecule has 15 heavy (non-hydrogen) atoms.